The van der Waals surface area contributed by atoms with Gasteiger partial charge in [-0.25, -0.2) is 0 Å². The first-order valence-corrected chi connectivity index (χ1v) is 7.93. The molecular formula is C17H25NO2. The Morgan fingerprint density at radius 3 is 2.95 bits per heavy atom. The summed E-state index contributed by atoms with van der Waals surface area (Å²) in [6.45, 7) is 3.81. The van der Waals surface area contributed by atoms with Crippen molar-refractivity contribution in [2.45, 2.75) is 51.5 Å². The van der Waals surface area contributed by atoms with Gasteiger partial charge in [0.2, 0.25) is 6.79 Å². The zero-order valence-electron chi connectivity index (χ0n) is 12.4. The Morgan fingerprint density at radius 1 is 1.25 bits per heavy atom. The van der Waals surface area contributed by atoms with Crippen molar-refractivity contribution >= 4 is 0 Å². The van der Waals surface area contributed by atoms with E-state index in [1.165, 1.54) is 44.2 Å². The van der Waals surface area contributed by atoms with E-state index in [2.05, 4.69) is 24.4 Å². The van der Waals surface area contributed by atoms with Crippen LogP contribution < -0.4 is 14.8 Å². The lowest BCUT2D eigenvalue weighted by Crippen LogP contribution is -2.27. The van der Waals surface area contributed by atoms with Crippen molar-refractivity contribution in [2.75, 3.05) is 13.3 Å². The first-order valence-electron chi connectivity index (χ1n) is 7.93. The highest BCUT2D eigenvalue weighted by Crippen LogP contribution is 2.33. The van der Waals surface area contributed by atoms with Gasteiger partial charge in [-0.2, -0.15) is 0 Å². The third-order valence-electron chi connectivity index (χ3n) is 4.28. The van der Waals surface area contributed by atoms with Crippen LogP contribution in [0.5, 0.6) is 11.5 Å². The summed E-state index contributed by atoms with van der Waals surface area (Å²) in [6.07, 6.45) is 7.96. The molecule has 3 nitrogen and oxygen atoms in total. The molecule has 0 spiro atoms. The van der Waals surface area contributed by atoms with Gasteiger partial charge in [0.25, 0.3) is 0 Å². The van der Waals surface area contributed by atoms with Gasteiger partial charge in [-0.1, -0.05) is 18.9 Å². The molecule has 1 saturated carbocycles. The van der Waals surface area contributed by atoms with Crippen LogP contribution in [0.4, 0.5) is 0 Å². The SMILES string of the molecule is CC(CCc1ccc2c(c1)OCO2)NCCCC1CC1. The number of aryl methyl sites for hydroxylation is 1. The largest absolute Gasteiger partial charge is 0.454 e. The monoisotopic (exact) mass is 275 g/mol. The molecule has 0 radical (unpaired) electrons. The number of fused-ring (bicyclic) bond motifs is 1. The van der Waals surface area contributed by atoms with Crippen molar-refractivity contribution < 1.29 is 9.47 Å². The van der Waals surface area contributed by atoms with Crippen LogP contribution in [0.2, 0.25) is 0 Å². The summed E-state index contributed by atoms with van der Waals surface area (Å²) >= 11 is 0. The lowest BCUT2D eigenvalue weighted by atomic mass is 10.1. The second-order valence-electron chi connectivity index (χ2n) is 6.17. The van der Waals surface area contributed by atoms with Crippen molar-refractivity contribution in [2.24, 2.45) is 5.92 Å². The molecule has 110 valence electrons. The third-order valence-corrected chi connectivity index (χ3v) is 4.28. The van der Waals surface area contributed by atoms with Crippen LogP contribution in [0.25, 0.3) is 0 Å². The lowest BCUT2D eigenvalue weighted by Gasteiger charge is -2.13. The number of ether oxygens (including phenoxy) is 2. The smallest absolute Gasteiger partial charge is 0.231 e. The molecule has 1 aromatic rings. The molecule has 0 aromatic heterocycles. The summed E-state index contributed by atoms with van der Waals surface area (Å²) in [5.74, 6) is 2.83. The van der Waals surface area contributed by atoms with Gasteiger partial charge >= 0.3 is 0 Å². The Hall–Kier alpha value is -1.22. The molecule has 3 rings (SSSR count). The third kappa shape index (κ3) is 3.89. The van der Waals surface area contributed by atoms with Crippen molar-refractivity contribution in [3.63, 3.8) is 0 Å². The Balaban J connectivity index is 1.35. The molecule has 2 aliphatic rings. The zero-order chi connectivity index (χ0) is 13.8. The molecule has 1 atom stereocenters. The van der Waals surface area contributed by atoms with Gasteiger partial charge in [-0.05, 0) is 62.8 Å². The first kappa shape index (κ1) is 13.7. The summed E-state index contributed by atoms with van der Waals surface area (Å²) in [5.41, 5.74) is 1.33. The minimum absolute atomic E-state index is 0.359. The first-order chi connectivity index (χ1) is 9.81. The number of nitrogens with one attached hydrogen (secondary N) is 1. The molecule has 3 heteroatoms. The molecule has 0 saturated heterocycles. The molecule has 1 fully saturated rings. The standard InChI is InChI=1S/C17H25NO2/c1-13(18-10-2-3-14-6-7-14)4-5-15-8-9-16-17(11-15)20-12-19-16/h8-9,11,13-14,18H,2-7,10,12H2,1H3. The highest BCUT2D eigenvalue weighted by molar-refractivity contribution is 5.44. The molecule has 1 aliphatic carbocycles. The van der Waals surface area contributed by atoms with Gasteiger partial charge in [0.05, 0.1) is 0 Å². The average molecular weight is 275 g/mol. The molecular weight excluding hydrogens is 250 g/mol. The van der Waals surface area contributed by atoms with Crippen LogP contribution in [0.1, 0.15) is 44.6 Å². The van der Waals surface area contributed by atoms with E-state index in [9.17, 15) is 0 Å². The van der Waals surface area contributed by atoms with Gasteiger partial charge < -0.3 is 14.8 Å². The minimum atomic E-state index is 0.359. The fourth-order valence-electron chi connectivity index (χ4n) is 2.73. The number of hydrogen-bond donors (Lipinski definition) is 1. The van der Waals surface area contributed by atoms with E-state index < -0.39 is 0 Å². The minimum Gasteiger partial charge on any atom is -0.454 e. The zero-order valence-corrected chi connectivity index (χ0v) is 12.4. The maximum Gasteiger partial charge on any atom is 0.231 e. The van der Waals surface area contributed by atoms with E-state index in [0.717, 1.165) is 23.8 Å². The number of rotatable bonds is 8. The van der Waals surface area contributed by atoms with Crippen LogP contribution >= 0.6 is 0 Å². The molecule has 0 amide bonds. The fraction of sp³-hybridized carbons (Fsp3) is 0.647. The molecule has 1 heterocycles. The van der Waals surface area contributed by atoms with Crippen LogP contribution in [-0.4, -0.2) is 19.4 Å². The number of hydrogen-bond acceptors (Lipinski definition) is 3. The molecule has 0 bridgehead atoms. The van der Waals surface area contributed by atoms with E-state index in [4.69, 9.17) is 9.47 Å². The summed E-state index contributed by atoms with van der Waals surface area (Å²) in [6, 6.07) is 6.86. The van der Waals surface area contributed by atoms with Gasteiger partial charge in [-0.3, -0.25) is 0 Å². The predicted molar refractivity (Wildman–Crippen MR) is 80.3 cm³/mol. The van der Waals surface area contributed by atoms with Gasteiger partial charge in [-0.15, -0.1) is 0 Å². The van der Waals surface area contributed by atoms with Gasteiger partial charge in [0.1, 0.15) is 0 Å². The van der Waals surface area contributed by atoms with Gasteiger partial charge in [0.15, 0.2) is 11.5 Å². The molecule has 1 N–H and O–H groups in total. The quantitative estimate of drug-likeness (QED) is 0.736. The highest BCUT2D eigenvalue weighted by Gasteiger charge is 2.20. The van der Waals surface area contributed by atoms with Crippen molar-refractivity contribution in [3.05, 3.63) is 23.8 Å². The van der Waals surface area contributed by atoms with Gasteiger partial charge in [0, 0.05) is 6.04 Å². The maximum absolute atomic E-state index is 5.42. The number of benzene rings is 1. The average Bonchev–Trinajstić information content (AvgIpc) is 3.17. The van der Waals surface area contributed by atoms with E-state index in [1.807, 2.05) is 6.07 Å². The van der Waals surface area contributed by atoms with E-state index in [0.29, 0.717) is 12.8 Å². The van der Waals surface area contributed by atoms with Crippen LogP contribution in [-0.2, 0) is 6.42 Å². The normalized spacial score (nSPS) is 18.2. The Bertz CT molecular complexity index is 443. The second-order valence-corrected chi connectivity index (χ2v) is 6.17. The van der Waals surface area contributed by atoms with Crippen LogP contribution in [0.15, 0.2) is 18.2 Å². The fourth-order valence-corrected chi connectivity index (χ4v) is 2.73. The Morgan fingerprint density at radius 2 is 2.10 bits per heavy atom. The Kier molecular flexibility index (Phi) is 4.46. The molecule has 1 unspecified atom stereocenters. The van der Waals surface area contributed by atoms with Crippen molar-refractivity contribution in [1.29, 1.82) is 0 Å². The summed E-state index contributed by atoms with van der Waals surface area (Å²) in [7, 11) is 0. The highest BCUT2D eigenvalue weighted by atomic mass is 16.7. The topological polar surface area (TPSA) is 30.5 Å². The van der Waals surface area contributed by atoms with Crippen LogP contribution in [0.3, 0.4) is 0 Å². The summed E-state index contributed by atoms with van der Waals surface area (Å²) in [5, 5.41) is 3.63. The lowest BCUT2D eigenvalue weighted by molar-refractivity contribution is 0.174. The summed E-state index contributed by atoms with van der Waals surface area (Å²) in [4.78, 5) is 0. The van der Waals surface area contributed by atoms with Crippen LogP contribution in [0, 0.1) is 5.92 Å². The summed E-state index contributed by atoms with van der Waals surface area (Å²) < 4.78 is 10.8. The Labute approximate surface area is 121 Å². The maximum atomic E-state index is 5.42. The molecule has 1 aliphatic heterocycles. The van der Waals surface area contributed by atoms with Crippen molar-refractivity contribution in [3.8, 4) is 11.5 Å². The second kappa shape index (κ2) is 6.49. The van der Waals surface area contributed by atoms with Crippen molar-refractivity contribution in [1.82, 2.24) is 5.32 Å². The molecule has 1 aromatic carbocycles. The van der Waals surface area contributed by atoms with E-state index >= 15 is 0 Å². The van der Waals surface area contributed by atoms with E-state index in [1.54, 1.807) is 0 Å². The predicted octanol–water partition coefficient (Wildman–Crippen LogP) is 3.52. The van der Waals surface area contributed by atoms with E-state index in [-0.39, 0.29) is 0 Å². The molecule has 20 heavy (non-hydrogen) atoms.